The van der Waals surface area contributed by atoms with Crippen LogP contribution in [-0.2, 0) is 4.79 Å². The summed E-state index contributed by atoms with van der Waals surface area (Å²) in [6.07, 6.45) is -3.32. The van der Waals surface area contributed by atoms with Gasteiger partial charge in [-0.15, -0.1) is 0 Å². The van der Waals surface area contributed by atoms with Crippen LogP contribution in [0.1, 0.15) is 19.8 Å². The number of hydrogen-bond donors (Lipinski definition) is 2. The van der Waals surface area contributed by atoms with Crippen molar-refractivity contribution in [2.45, 2.75) is 32.0 Å². The fourth-order valence-electron chi connectivity index (χ4n) is 1.68. The number of hydrogen-bond acceptors (Lipinski definition) is 2. The summed E-state index contributed by atoms with van der Waals surface area (Å²) in [6, 6.07) is -0.816. The summed E-state index contributed by atoms with van der Waals surface area (Å²) in [4.78, 5) is 11.2. The van der Waals surface area contributed by atoms with Crippen molar-refractivity contribution in [1.29, 1.82) is 0 Å². The number of nitrogens with one attached hydrogen (secondary N) is 2. The largest absolute Gasteiger partial charge is 0.395 e. The van der Waals surface area contributed by atoms with E-state index < -0.39 is 18.1 Å². The highest BCUT2D eigenvalue weighted by Crippen LogP contribution is 2.30. The summed E-state index contributed by atoms with van der Waals surface area (Å²) in [6.45, 7) is 1.90. The van der Waals surface area contributed by atoms with Gasteiger partial charge in [0.15, 0.2) is 0 Å². The van der Waals surface area contributed by atoms with E-state index in [-0.39, 0.29) is 25.4 Å². The molecule has 1 heterocycles. The van der Waals surface area contributed by atoms with Gasteiger partial charge in [-0.1, -0.05) is 6.92 Å². The second-order valence-corrected chi connectivity index (χ2v) is 3.73. The summed E-state index contributed by atoms with van der Waals surface area (Å²) in [7, 11) is 0. The third kappa shape index (κ3) is 3.37. The molecule has 1 amide bonds. The highest BCUT2D eigenvalue weighted by atomic mass is 19.4. The lowest BCUT2D eigenvalue weighted by atomic mass is 10.0. The Morgan fingerprint density at radius 1 is 1.47 bits per heavy atom. The molecule has 0 saturated carbocycles. The molecule has 0 aromatic heterocycles. The molecule has 0 aliphatic carbocycles. The normalized spacial score (nSPS) is 26.7. The number of carbonyl (C=O) groups excluding carboxylic acids is 1. The molecule has 0 radical (unpaired) electrons. The van der Waals surface area contributed by atoms with Crippen molar-refractivity contribution >= 4 is 5.91 Å². The Labute approximate surface area is 86.4 Å². The minimum Gasteiger partial charge on any atom is -0.351 e. The van der Waals surface area contributed by atoms with Crippen molar-refractivity contribution < 1.29 is 18.0 Å². The minimum absolute atomic E-state index is 0.111. The van der Waals surface area contributed by atoms with Crippen molar-refractivity contribution in [1.82, 2.24) is 10.6 Å². The van der Waals surface area contributed by atoms with Crippen LogP contribution in [-0.4, -0.2) is 31.2 Å². The molecule has 1 aliphatic rings. The van der Waals surface area contributed by atoms with Crippen LogP contribution < -0.4 is 10.6 Å². The molecule has 88 valence electrons. The third-order valence-electron chi connectivity index (χ3n) is 2.46. The molecule has 3 nitrogen and oxygen atoms in total. The SMILES string of the molecule is CCCC(=O)N[C@@H]1CNC[C@H]1C(F)(F)F. The van der Waals surface area contributed by atoms with Crippen LogP contribution >= 0.6 is 0 Å². The Morgan fingerprint density at radius 3 is 2.67 bits per heavy atom. The Balaban J connectivity index is 2.50. The zero-order valence-corrected chi connectivity index (χ0v) is 8.53. The maximum Gasteiger partial charge on any atom is 0.395 e. The number of carbonyl (C=O) groups is 1. The summed E-state index contributed by atoms with van der Waals surface area (Å²) >= 11 is 0. The van der Waals surface area contributed by atoms with E-state index in [4.69, 9.17) is 0 Å². The molecule has 0 aromatic rings. The van der Waals surface area contributed by atoms with Gasteiger partial charge in [0.25, 0.3) is 0 Å². The Morgan fingerprint density at radius 2 is 2.13 bits per heavy atom. The van der Waals surface area contributed by atoms with Crippen LogP contribution in [0, 0.1) is 5.92 Å². The smallest absolute Gasteiger partial charge is 0.351 e. The molecule has 0 bridgehead atoms. The van der Waals surface area contributed by atoms with Crippen molar-refractivity contribution in [2.75, 3.05) is 13.1 Å². The fraction of sp³-hybridized carbons (Fsp3) is 0.889. The van der Waals surface area contributed by atoms with Crippen LogP contribution in [0.3, 0.4) is 0 Å². The molecular formula is C9H15F3N2O. The first-order valence-corrected chi connectivity index (χ1v) is 5.02. The van der Waals surface area contributed by atoms with E-state index in [1.165, 1.54) is 0 Å². The highest BCUT2D eigenvalue weighted by Gasteiger charge is 2.47. The summed E-state index contributed by atoms with van der Waals surface area (Å²) in [5, 5.41) is 5.06. The van der Waals surface area contributed by atoms with Gasteiger partial charge in [-0.2, -0.15) is 13.2 Å². The first-order chi connectivity index (χ1) is 6.95. The van der Waals surface area contributed by atoms with E-state index in [0.717, 1.165) is 0 Å². The van der Waals surface area contributed by atoms with Gasteiger partial charge in [0, 0.05) is 19.5 Å². The summed E-state index contributed by atoms with van der Waals surface area (Å²) < 4.78 is 37.4. The molecular weight excluding hydrogens is 209 g/mol. The number of amides is 1. The van der Waals surface area contributed by atoms with Crippen LogP contribution in [0.25, 0.3) is 0 Å². The van der Waals surface area contributed by atoms with Gasteiger partial charge in [0.1, 0.15) is 0 Å². The van der Waals surface area contributed by atoms with E-state index in [1.54, 1.807) is 0 Å². The molecule has 2 atom stereocenters. The zero-order chi connectivity index (χ0) is 11.5. The van der Waals surface area contributed by atoms with Crippen molar-refractivity contribution in [3.8, 4) is 0 Å². The number of alkyl halides is 3. The van der Waals surface area contributed by atoms with E-state index in [9.17, 15) is 18.0 Å². The van der Waals surface area contributed by atoms with Crippen molar-refractivity contribution in [2.24, 2.45) is 5.92 Å². The predicted octanol–water partition coefficient (Wildman–Crippen LogP) is 1.05. The standard InChI is InChI=1S/C9H15F3N2O/c1-2-3-8(15)14-7-5-13-4-6(7)9(10,11)12/h6-7,13H,2-5H2,1H3,(H,14,15)/t6-,7-/m1/s1. The first kappa shape index (κ1) is 12.3. The lowest BCUT2D eigenvalue weighted by molar-refractivity contribution is -0.174. The molecule has 0 spiro atoms. The van der Waals surface area contributed by atoms with Gasteiger partial charge in [-0.25, -0.2) is 0 Å². The van der Waals surface area contributed by atoms with Gasteiger partial charge in [0.05, 0.1) is 12.0 Å². The monoisotopic (exact) mass is 224 g/mol. The molecule has 0 aromatic carbocycles. The second kappa shape index (κ2) is 4.83. The predicted molar refractivity (Wildman–Crippen MR) is 49.3 cm³/mol. The van der Waals surface area contributed by atoms with Crippen molar-refractivity contribution in [3.05, 3.63) is 0 Å². The van der Waals surface area contributed by atoms with E-state index >= 15 is 0 Å². The third-order valence-corrected chi connectivity index (χ3v) is 2.46. The Kier molecular flexibility index (Phi) is 3.96. The molecule has 2 N–H and O–H groups in total. The van der Waals surface area contributed by atoms with Gasteiger partial charge >= 0.3 is 6.18 Å². The van der Waals surface area contributed by atoms with E-state index in [2.05, 4.69) is 10.6 Å². The maximum absolute atomic E-state index is 12.5. The van der Waals surface area contributed by atoms with Crippen LogP contribution in [0.5, 0.6) is 0 Å². The molecule has 0 unspecified atom stereocenters. The van der Waals surface area contributed by atoms with Gasteiger partial charge < -0.3 is 10.6 Å². The summed E-state index contributed by atoms with van der Waals surface area (Å²) in [5.41, 5.74) is 0. The lowest BCUT2D eigenvalue weighted by Crippen LogP contribution is -2.45. The van der Waals surface area contributed by atoms with E-state index in [0.29, 0.717) is 6.42 Å². The van der Waals surface area contributed by atoms with Crippen LogP contribution in [0.4, 0.5) is 13.2 Å². The first-order valence-electron chi connectivity index (χ1n) is 5.02. The second-order valence-electron chi connectivity index (χ2n) is 3.73. The Hall–Kier alpha value is -0.780. The maximum atomic E-state index is 12.5. The molecule has 1 fully saturated rings. The van der Waals surface area contributed by atoms with Gasteiger partial charge in [0.2, 0.25) is 5.91 Å². The van der Waals surface area contributed by atoms with Gasteiger partial charge in [-0.3, -0.25) is 4.79 Å². The highest BCUT2D eigenvalue weighted by molar-refractivity contribution is 5.76. The molecule has 1 aliphatic heterocycles. The summed E-state index contributed by atoms with van der Waals surface area (Å²) in [5.74, 6) is -1.77. The Bertz CT molecular complexity index is 230. The molecule has 6 heteroatoms. The average Bonchev–Trinajstić information content (AvgIpc) is 2.51. The van der Waals surface area contributed by atoms with E-state index in [1.807, 2.05) is 6.92 Å². The molecule has 1 saturated heterocycles. The molecule has 15 heavy (non-hydrogen) atoms. The number of rotatable bonds is 3. The van der Waals surface area contributed by atoms with Crippen LogP contribution in [0.2, 0.25) is 0 Å². The quantitative estimate of drug-likeness (QED) is 0.752. The zero-order valence-electron chi connectivity index (χ0n) is 8.53. The topological polar surface area (TPSA) is 41.1 Å². The van der Waals surface area contributed by atoms with Gasteiger partial charge in [-0.05, 0) is 6.42 Å². The fourth-order valence-corrected chi connectivity index (χ4v) is 1.68. The minimum atomic E-state index is -4.24. The number of halogens is 3. The van der Waals surface area contributed by atoms with Crippen LogP contribution in [0.15, 0.2) is 0 Å². The lowest BCUT2D eigenvalue weighted by Gasteiger charge is -2.22. The molecule has 1 rings (SSSR count). The van der Waals surface area contributed by atoms with Crippen molar-refractivity contribution in [3.63, 3.8) is 0 Å². The average molecular weight is 224 g/mol.